The van der Waals surface area contributed by atoms with E-state index in [0.717, 1.165) is 34.4 Å². The Morgan fingerprint density at radius 2 is 1.89 bits per heavy atom. The van der Waals surface area contributed by atoms with E-state index in [4.69, 9.17) is 4.74 Å². The van der Waals surface area contributed by atoms with E-state index >= 15 is 0 Å². The monoisotopic (exact) mass is 396 g/mol. The summed E-state index contributed by atoms with van der Waals surface area (Å²) in [6.45, 7) is 8.58. The lowest BCUT2D eigenvalue weighted by atomic mass is 9.80. The number of hydrogen-bond acceptors (Lipinski definition) is 4. The van der Waals surface area contributed by atoms with Crippen LogP contribution in [0.5, 0.6) is 0 Å². The van der Waals surface area contributed by atoms with E-state index in [-0.39, 0.29) is 11.4 Å². The molecule has 1 heterocycles. The van der Waals surface area contributed by atoms with Crippen LogP contribution in [-0.4, -0.2) is 23.4 Å². The van der Waals surface area contributed by atoms with Crippen molar-refractivity contribution < 1.29 is 14.6 Å². The summed E-state index contributed by atoms with van der Waals surface area (Å²) in [7, 11) is 0. The van der Waals surface area contributed by atoms with E-state index in [1.807, 2.05) is 49.0 Å². The zero-order valence-corrected chi connectivity index (χ0v) is 17.8. The molecule has 0 aromatic heterocycles. The molecule has 0 radical (unpaired) electrons. The lowest BCUT2D eigenvalue weighted by Gasteiger charge is -2.32. The maximum atomic E-state index is 11.6. The van der Waals surface area contributed by atoms with Gasteiger partial charge in [0.25, 0.3) is 0 Å². The zero-order chi connectivity index (χ0) is 20.3. The van der Waals surface area contributed by atoms with Gasteiger partial charge in [-0.25, -0.2) is 4.79 Å². The summed E-state index contributed by atoms with van der Waals surface area (Å²) in [5.41, 5.74) is 4.99. The van der Waals surface area contributed by atoms with Gasteiger partial charge in [-0.3, -0.25) is 0 Å². The predicted molar refractivity (Wildman–Crippen MR) is 116 cm³/mol. The van der Waals surface area contributed by atoms with Crippen molar-refractivity contribution in [2.24, 2.45) is 0 Å². The number of benzene rings is 2. The molecule has 2 aromatic carbocycles. The highest BCUT2D eigenvalue weighted by atomic mass is 32.2. The normalized spacial score (nSPS) is 17.0. The van der Waals surface area contributed by atoms with Gasteiger partial charge in [-0.1, -0.05) is 50.2 Å². The van der Waals surface area contributed by atoms with Gasteiger partial charge < -0.3 is 9.84 Å². The van der Waals surface area contributed by atoms with Crippen LogP contribution >= 0.6 is 11.8 Å². The van der Waals surface area contributed by atoms with Crippen LogP contribution < -0.4 is 0 Å². The number of aliphatic hydroxyl groups excluding tert-OH is 1. The molecular weight excluding hydrogens is 368 g/mol. The Bertz CT molecular complexity index is 881. The maximum Gasteiger partial charge on any atom is 0.331 e. The van der Waals surface area contributed by atoms with Crippen LogP contribution in [-0.2, 0) is 14.9 Å². The van der Waals surface area contributed by atoms with Gasteiger partial charge in [0, 0.05) is 11.0 Å². The molecular formula is C24H28O3S. The van der Waals surface area contributed by atoms with Gasteiger partial charge in [-0.05, 0) is 65.3 Å². The van der Waals surface area contributed by atoms with Gasteiger partial charge in [0.1, 0.15) is 6.10 Å². The molecule has 1 unspecified atom stereocenters. The first-order valence-electron chi connectivity index (χ1n) is 9.72. The number of allylic oxidation sites excluding steroid dienone is 1. The van der Waals surface area contributed by atoms with E-state index in [0.29, 0.717) is 6.61 Å². The lowest BCUT2D eigenvalue weighted by molar-refractivity contribution is -0.137. The van der Waals surface area contributed by atoms with Crippen molar-refractivity contribution in [3.63, 3.8) is 0 Å². The highest BCUT2D eigenvalue weighted by Gasteiger charge is 2.28. The second kappa shape index (κ2) is 8.54. The number of carbonyl (C=O) groups excluding carboxylic acids is 1. The molecule has 148 valence electrons. The molecule has 0 fully saturated rings. The summed E-state index contributed by atoms with van der Waals surface area (Å²) in [4.78, 5) is 12.9. The average molecular weight is 397 g/mol. The second-order valence-electron chi connectivity index (χ2n) is 7.84. The van der Waals surface area contributed by atoms with E-state index in [1.165, 1.54) is 16.5 Å². The Morgan fingerprint density at radius 3 is 2.57 bits per heavy atom. The van der Waals surface area contributed by atoms with Crippen molar-refractivity contribution in [1.82, 2.24) is 0 Å². The van der Waals surface area contributed by atoms with E-state index < -0.39 is 6.10 Å². The maximum absolute atomic E-state index is 11.6. The first-order valence-corrected chi connectivity index (χ1v) is 10.7. The number of thioether (sulfide) groups is 1. The lowest BCUT2D eigenvalue weighted by Crippen LogP contribution is -2.23. The Hall–Kier alpha value is -2.04. The van der Waals surface area contributed by atoms with E-state index in [1.54, 1.807) is 6.92 Å². The zero-order valence-electron chi connectivity index (χ0n) is 17.0. The smallest absolute Gasteiger partial charge is 0.331 e. The summed E-state index contributed by atoms with van der Waals surface area (Å²) in [6, 6.07) is 14.0. The Balaban J connectivity index is 1.82. The van der Waals surface area contributed by atoms with Gasteiger partial charge in [0.2, 0.25) is 0 Å². The fraction of sp³-hybridized carbons (Fsp3) is 0.375. The molecule has 0 saturated heterocycles. The van der Waals surface area contributed by atoms with Crippen molar-refractivity contribution in [1.29, 1.82) is 0 Å². The van der Waals surface area contributed by atoms with Crippen molar-refractivity contribution in [3.05, 3.63) is 70.8 Å². The topological polar surface area (TPSA) is 46.5 Å². The van der Waals surface area contributed by atoms with Gasteiger partial charge in [0.05, 0.1) is 6.61 Å². The molecule has 0 bridgehead atoms. The van der Waals surface area contributed by atoms with E-state index in [2.05, 4.69) is 26.0 Å². The van der Waals surface area contributed by atoms with Gasteiger partial charge in [-0.15, -0.1) is 11.8 Å². The number of rotatable bonds is 5. The molecule has 1 atom stereocenters. The molecule has 28 heavy (non-hydrogen) atoms. The fourth-order valence-corrected chi connectivity index (χ4v) is 4.98. The number of ether oxygens (including phenoxy) is 1. The third-order valence-electron chi connectivity index (χ3n) is 5.34. The molecule has 0 amide bonds. The van der Waals surface area contributed by atoms with Crippen LogP contribution in [0.1, 0.15) is 62.5 Å². The van der Waals surface area contributed by atoms with Crippen LogP contribution in [0.25, 0.3) is 5.57 Å². The molecule has 1 N–H and O–H groups in total. The van der Waals surface area contributed by atoms with Gasteiger partial charge >= 0.3 is 5.97 Å². The van der Waals surface area contributed by atoms with Gasteiger partial charge in [0.15, 0.2) is 0 Å². The predicted octanol–water partition coefficient (Wildman–Crippen LogP) is 5.51. The fourth-order valence-electron chi connectivity index (χ4n) is 3.49. The molecule has 0 saturated carbocycles. The first kappa shape index (κ1) is 20.7. The molecule has 3 nitrogen and oxygen atoms in total. The quantitative estimate of drug-likeness (QED) is 0.535. The summed E-state index contributed by atoms with van der Waals surface area (Å²) in [5.74, 6) is 0.806. The number of aliphatic hydroxyl groups is 1. The highest BCUT2D eigenvalue weighted by Crippen LogP contribution is 2.42. The SMILES string of the molecule is CCOC(=O)C=C(C)c1ccc(C(O)c2ccc3c(c2)C(C)(C)CCS3)cc1. The van der Waals surface area contributed by atoms with Crippen molar-refractivity contribution in [3.8, 4) is 0 Å². The molecule has 0 spiro atoms. The van der Waals surface area contributed by atoms with Crippen molar-refractivity contribution >= 4 is 23.3 Å². The average Bonchev–Trinajstić information content (AvgIpc) is 2.67. The minimum absolute atomic E-state index is 0.134. The minimum atomic E-state index is -0.670. The molecule has 1 aliphatic heterocycles. The Kier molecular flexibility index (Phi) is 6.31. The molecule has 3 rings (SSSR count). The van der Waals surface area contributed by atoms with Crippen molar-refractivity contribution in [2.75, 3.05) is 12.4 Å². The third-order valence-corrected chi connectivity index (χ3v) is 6.41. The molecule has 2 aromatic rings. The molecule has 0 aliphatic carbocycles. The van der Waals surface area contributed by atoms with Crippen molar-refractivity contribution in [2.45, 2.75) is 50.5 Å². The van der Waals surface area contributed by atoms with Crippen LogP contribution in [0.15, 0.2) is 53.4 Å². The number of fused-ring (bicyclic) bond motifs is 1. The number of carbonyl (C=O) groups is 1. The Morgan fingerprint density at radius 1 is 1.21 bits per heavy atom. The first-order chi connectivity index (χ1) is 13.3. The largest absolute Gasteiger partial charge is 0.463 e. The van der Waals surface area contributed by atoms with Crippen LogP contribution in [0.3, 0.4) is 0 Å². The standard InChI is InChI=1S/C24H28O3S/c1-5-27-22(25)14-16(2)17-6-8-18(9-7-17)23(26)19-10-11-21-20(15-19)24(3,4)12-13-28-21/h6-11,14-15,23,26H,5,12-13H2,1-4H3. The van der Waals surface area contributed by atoms with Crippen LogP contribution in [0.4, 0.5) is 0 Å². The minimum Gasteiger partial charge on any atom is -0.463 e. The van der Waals surface area contributed by atoms with Crippen LogP contribution in [0, 0.1) is 0 Å². The van der Waals surface area contributed by atoms with Crippen LogP contribution in [0.2, 0.25) is 0 Å². The summed E-state index contributed by atoms with van der Waals surface area (Å²) in [5, 5.41) is 10.9. The highest BCUT2D eigenvalue weighted by molar-refractivity contribution is 7.99. The Labute approximate surface area is 171 Å². The summed E-state index contributed by atoms with van der Waals surface area (Å²) >= 11 is 1.89. The molecule has 4 heteroatoms. The summed E-state index contributed by atoms with van der Waals surface area (Å²) in [6.07, 6.45) is 1.97. The number of esters is 1. The third kappa shape index (κ3) is 4.50. The molecule has 1 aliphatic rings. The second-order valence-corrected chi connectivity index (χ2v) is 8.98. The number of hydrogen-bond donors (Lipinski definition) is 1. The summed E-state index contributed by atoms with van der Waals surface area (Å²) < 4.78 is 4.96. The van der Waals surface area contributed by atoms with E-state index in [9.17, 15) is 9.90 Å². The van der Waals surface area contributed by atoms with Gasteiger partial charge in [-0.2, -0.15) is 0 Å².